The quantitative estimate of drug-likeness (QED) is 0.497. The summed E-state index contributed by atoms with van der Waals surface area (Å²) in [6.45, 7) is 9.16. The van der Waals surface area contributed by atoms with Crippen molar-refractivity contribution in [3.8, 4) is 0 Å². The van der Waals surface area contributed by atoms with Gasteiger partial charge in [-0.05, 0) is 19.4 Å². The van der Waals surface area contributed by atoms with Crippen LogP contribution in [0.25, 0.3) is 0 Å². The predicted molar refractivity (Wildman–Crippen MR) is 78.1 cm³/mol. The van der Waals surface area contributed by atoms with Crippen LogP contribution in [0.3, 0.4) is 0 Å². The van der Waals surface area contributed by atoms with E-state index in [1.807, 2.05) is 0 Å². The van der Waals surface area contributed by atoms with Crippen molar-refractivity contribution in [2.45, 2.75) is 64.1 Å². The molecule has 0 spiro atoms. The molecule has 3 atom stereocenters. The Balaban J connectivity index is 2.25. The van der Waals surface area contributed by atoms with E-state index in [1.54, 1.807) is 0 Å². The van der Waals surface area contributed by atoms with Crippen LogP contribution < -0.4 is 10.6 Å². The van der Waals surface area contributed by atoms with Gasteiger partial charge in [-0.1, -0.05) is 39.2 Å². The first-order valence-electron chi connectivity index (χ1n) is 7.44. The maximum absolute atomic E-state index is 11.3. The molecule has 0 aromatic carbocycles. The van der Waals surface area contributed by atoms with E-state index in [0.29, 0.717) is 19.3 Å². The fourth-order valence-electron chi connectivity index (χ4n) is 2.43. The zero-order valence-electron chi connectivity index (χ0n) is 12.3. The summed E-state index contributed by atoms with van der Waals surface area (Å²) in [5.74, 6) is -0.127. The van der Waals surface area contributed by atoms with Crippen molar-refractivity contribution >= 4 is 5.91 Å². The molecule has 0 aliphatic carbocycles. The van der Waals surface area contributed by atoms with Gasteiger partial charge in [-0.15, -0.1) is 0 Å². The van der Waals surface area contributed by atoms with Gasteiger partial charge < -0.3 is 15.4 Å². The van der Waals surface area contributed by atoms with E-state index in [-0.39, 0.29) is 18.0 Å². The lowest BCUT2D eigenvalue weighted by atomic mass is 10.1. The molecule has 2 N–H and O–H groups in total. The highest BCUT2D eigenvalue weighted by Gasteiger charge is 2.29. The molecule has 1 saturated heterocycles. The SMILES string of the molecule is C=CC(=O)NC1COCC1NC(C)CCCCCC. The van der Waals surface area contributed by atoms with E-state index in [0.717, 1.165) is 0 Å². The molecule has 1 amide bonds. The second-order valence-electron chi connectivity index (χ2n) is 5.38. The number of carbonyl (C=O) groups is 1. The van der Waals surface area contributed by atoms with Gasteiger partial charge in [0.2, 0.25) is 5.91 Å². The van der Waals surface area contributed by atoms with Crippen LogP contribution in [0, 0.1) is 0 Å². The molecular weight excluding hydrogens is 240 g/mol. The number of ether oxygens (including phenoxy) is 1. The Morgan fingerprint density at radius 3 is 2.79 bits per heavy atom. The zero-order valence-corrected chi connectivity index (χ0v) is 12.3. The molecule has 110 valence electrons. The molecule has 3 unspecified atom stereocenters. The van der Waals surface area contributed by atoms with Crippen LogP contribution in [0.1, 0.15) is 46.0 Å². The molecule has 0 radical (unpaired) electrons. The predicted octanol–water partition coefficient (Wildman–Crippen LogP) is 2.00. The number of nitrogens with one attached hydrogen (secondary N) is 2. The normalized spacial score (nSPS) is 24.1. The summed E-state index contributed by atoms with van der Waals surface area (Å²) >= 11 is 0. The Morgan fingerprint density at radius 1 is 1.37 bits per heavy atom. The lowest BCUT2D eigenvalue weighted by molar-refractivity contribution is -0.117. The molecule has 0 aromatic heterocycles. The Bertz CT molecular complexity index is 281. The van der Waals surface area contributed by atoms with Gasteiger partial charge in [0.1, 0.15) is 0 Å². The molecule has 1 aliphatic rings. The van der Waals surface area contributed by atoms with Crippen molar-refractivity contribution in [2.24, 2.45) is 0 Å². The van der Waals surface area contributed by atoms with Gasteiger partial charge in [-0.2, -0.15) is 0 Å². The molecule has 0 aromatic rings. The van der Waals surface area contributed by atoms with E-state index in [4.69, 9.17) is 4.74 Å². The standard InChI is InChI=1S/C15H28N2O2/c1-4-6-7-8-9-12(3)16-13-10-19-11-14(13)17-15(18)5-2/h5,12-14,16H,2,4,6-11H2,1,3H3,(H,17,18). The number of carbonyl (C=O) groups excluding carboxylic acids is 1. The van der Waals surface area contributed by atoms with E-state index >= 15 is 0 Å². The van der Waals surface area contributed by atoms with E-state index in [1.165, 1.54) is 38.2 Å². The van der Waals surface area contributed by atoms with Crippen molar-refractivity contribution < 1.29 is 9.53 Å². The first-order chi connectivity index (χ1) is 9.17. The summed E-state index contributed by atoms with van der Waals surface area (Å²) in [5.41, 5.74) is 0. The van der Waals surface area contributed by atoms with Crippen molar-refractivity contribution in [1.29, 1.82) is 0 Å². The van der Waals surface area contributed by atoms with Crippen LogP contribution in [0.4, 0.5) is 0 Å². The van der Waals surface area contributed by atoms with Crippen molar-refractivity contribution in [3.63, 3.8) is 0 Å². The summed E-state index contributed by atoms with van der Waals surface area (Å²) in [4.78, 5) is 11.3. The van der Waals surface area contributed by atoms with Gasteiger partial charge in [0.15, 0.2) is 0 Å². The van der Waals surface area contributed by atoms with Crippen LogP contribution in [0.15, 0.2) is 12.7 Å². The van der Waals surface area contributed by atoms with Crippen LogP contribution >= 0.6 is 0 Å². The smallest absolute Gasteiger partial charge is 0.243 e. The maximum Gasteiger partial charge on any atom is 0.243 e. The summed E-state index contributed by atoms with van der Waals surface area (Å²) < 4.78 is 5.45. The molecular formula is C15H28N2O2. The van der Waals surface area contributed by atoms with E-state index in [2.05, 4.69) is 31.1 Å². The van der Waals surface area contributed by atoms with Crippen LogP contribution in [-0.4, -0.2) is 37.2 Å². The van der Waals surface area contributed by atoms with Crippen molar-refractivity contribution in [3.05, 3.63) is 12.7 Å². The maximum atomic E-state index is 11.3. The Hall–Kier alpha value is -0.870. The number of unbranched alkanes of at least 4 members (excludes halogenated alkanes) is 3. The number of rotatable bonds is 9. The minimum absolute atomic E-state index is 0.0589. The van der Waals surface area contributed by atoms with Gasteiger partial charge in [0.25, 0.3) is 0 Å². The summed E-state index contributed by atoms with van der Waals surface area (Å²) in [5, 5.41) is 6.48. The highest BCUT2D eigenvalue weighted by Crippen LogP contribution is 2.10. The Kier molecular flexibility index (Phi) is 7.75. The van der Waals surface area contributed by atoms with E-state index in [9.17, 15) is 4.79 Å². The second kappa shape index (κ2) is 9.10. The monoisotopic (exact) mass is 268 g/mol. The Labute approximate surface area is 117 Å². The molecule has 4 heteroatoms. The molecule has 1 rings (SSSR count). The molecule has 1 aliphatic heterocycles. The highest BCUT2D eigenvalue weighted by molar-refractivity contribution is 5.87. The number of amides is 1. The summed E-state index contributed by atoms with van der Waals surface area (Å²) in [7, 11) is 0. The first-order valence-corrected chi connectivity index (χ1v) is 7.44. The lowest BCUT2D eigenvalue weighted by Gasteiger charge is -2.24. The minimum atomic E-state index is -0.127. The third-order valence-electron chi connectivity index (χ3n) is 3.58. The summed E-state index contributed by atoms with van der Waals surface area (Å²) in [6.07, 6.45) is 7.65. The Morgan fingerprint density at radius 2 is 2.11 bits per heavy atom. The molecule has 1 fully saturated rings. The lowest BCUT2D eigenvalue weighted by Crippen LogP contribution is -2.51. The number of hydrogen-bond donors (Lipinski definition) is 2. The van der Waals surface area contributed by atoms with Crippen LogP contribution in [-0.2, 0) is 9.53 Å². The summed E-state index contributed by atoms with van der Waals surface area (Å²) in [6, 6.07) is 0.736. The minimum Gasteiger partial charge on any atom is -0.378 e. The van der Waals surface area contributed by atoms with E-state index < -0.39 is 0 Å². The van der Waals surface area contributed by atoms with Gasteiger partial charge in [0.05, 0.1) is 25.3 Å². The largest absolute Gasteiger partial charge is 0.378 e. The van der Waals surface area contributed by atoms with Gasteiger partial charge >= 0.3 is 0 Å². The first kappa shape index (κ1) is 16.2. The average molecular weight is 268 g/mol. The fraction of sp³-hybridized carbons (Fsp3) is 0.800. The van der Waals surface area contributed by atoms with Gasteiger partial charge in [-0.25, -0.2) is 0 Å². The van der Waals surface area contributed by atoms with Crippen molar-refractivity contribution in [1.82, 2.24) is 10.6 Å². The van der Waals surface area contributed by atoms with Crippen molar-refractivity contribution in [2.75, 3.05) is 13.2 Å². The van der Waals surface area contributed by atoms with Gasteiger partial charge in [0, 0.05) is 6.04 Å². The average Bonchev–Trinajstić information content (AvgIpc) is 2.82. The zero-order chi connectivity index (χ0) is 14.1. The topological polar surface area (TPSA) is 50.4 Å². The third kappa shape index (κ3) is 6.21. The third-order valence-corrected chi connectivity index (χ3v) is 3.58. The van der Waals surface area contributed by atoms with Crippen LogP contribution in [0.2, 0.25) is 0 Å². The highest BCUT2D eigenvalue weighted by atomic mass is 16.5. The molecule has 0 bridgehead atoms. The second-order valence-corrected chi connectivity index (χ2v) is 5.38. The molecule has 0 saturated carbocycles. The van der Waals surface area contributed by atoms with Crippen LogP contribution in [0.5, 0.6) is 0 Å². The molecule has 4 nitrogen and oxygen atoms in total. The molecule has 1 heterocycles. The fourth-order valence-corrected chi connectivity index (χ4v) is 2.43. The molecule has 19 heavy (non-hydrogen) atoms. The number of hydrogen-bond acceptors (Lipinski definition) is 3. The van der Waals surface area contributed by atoms with Gasteiger partial charge in [-0.3, -0.25) is 4.79 Å².